The summed E-state index contributed by atoms with van der Waals surface area (Å²) < 4.78 is 22.8. The van der Waals surface area contributed by atoms with Gasteiger partial charge in [0.2, 0.25) is 0 Å². The molecule has 6 nitrogen and oxygen atoms in total. The Bertz CT molecular complexity index is 651. The van der Waals surface area contributed by atoms with Crippen molar-refractivity contribution in [2.24, 2.45) is 0 Å². The van der Waals surface area contributed by atoms with Gasteiger partial charge in [-0.15, -0.1) is 0 Å². The van der Waals surface area contributed by atoms with Gasteiger partial charge in [0.1, 0.15) is 12.2 Å². The Morgan fingerprint density at radius 1 is 1.29 bits per heavy atom. The highest BCUT2D eigenvalue weighted by atomic mass is 32.2. The monoisotopic (exact) mass is 308 g/mol. The molecule has 2 rings (SSSR count). The van der Waals surface area contributed by atoms with Gasteiger partial charge in [0.05, 0.1) is 4.90 Å². The molecule has 1 aromatic heterocycles. The second-order valence-electron chi connectivity index (χ2n) is 5.05. The zero-order valence-corrected chi connectivity index (χ0v) is 13.0. The normalized spacial score (nSPS) is 13.2. The second-order valence-corrected chi connectivity index (χ2v) is 7.07. The number of hydrogen-bond acceptors (Lipinski definition) is 5. The van der Waals surface area contributed by atoms with E-state index in [-0.39, 0.29) is 6.04 Å². The van der Waals surface area contributed by atoms with E-state index in [2.05, 4.69) is 27.4 Å². The maximum absolute atomic E-state index is 11.4. The van der Waals surface area contributed by atoms with E-state index in [4.69, 9.17) is 0 Å². The molecule has 1 atom stereocenters. The lowest BCUT2D eigenvalue weighted by molar-refractivity contribution is 0.554. The molecule has 0 fully saturated rings. The zero-order chi connectivity index (χ0) is 15.3. The lowest BCUT2D eigenvalue weighted by atomic mass is 10.1. The summed E-state index contributed by atoms with van der Waals surface area (Å²) in [5, 5.41) is 10.0. The van der Waals surface area contributed by atoms with Crippen molar-refractivity contribution in [3.63, 3.8) is 0 Å². The molecule has 2 N–H and O–H groups in total. The van der Waals surface area contributed by atoms with E-state index in [1.807, 2.05) is 12.1 Å². The van der Waals surface area contributed by atoms with Crippen LogP contribution in [-0.2, 0) is 16.3 Å². The highest BCUT2D eigenvalue weighted by Crippen LogP contribution is 2.16. The molecule has 1 aromatic carbocycles. The van der Waals surface area contributed by atoms with Gasteiger partial charge in [-0.05, 0) is 37.6 Å². The molecule has 0 radical (unpaired) electrons. The van der Waals surface area contributed by atoms with Crippen LogP contribution in [0.25, 0.3) is 0 Å². The molecule has 0 amide bonds. The van der Waals surface area contributed by atoms with Crippen molar-refractivity contribution >= 4 is 9.84 Å². The number of benzene rings is 1. The fourth-order valence-electron chi connectivity index (χ4n) is 2.05. The summed E-state index contributed by atoms with van der Waals surface area (Å²) in [4.78, 5) is 4.42. The Hall–Kier alpha value is -1.73. The van der Waals surface area contributed by atoms with Crippen LogP contribution in [0.3, 0.4) is 0 Å². The zero-order valence-electron chi connectivity index (χ0n) is 12.2. The molecule has 0 saturated heterocycles. The van der Waals surface area contributed by atoms with Crippen molar-refractivity contribution in [2.45, 2.75) is 30.7 Å². The average Bonchev–Trinajstić information content (AvgIpc) is 2.96. The van der Waals surface area contributed by atoms with Gasteiger partial charge >= 0.3 is 0 Å². The highest BCUT2D eigenvalue weighted by Gasteiger charge is 2.09. The molecule has 2 aromatic rings. The minimum absolute atomic E-state index is 0.174. The highest BCUT2D eigenvalue weighted by molar-refractivity contribution is 7.90. The van der Waals surface area contributed by atoms with Crippen LogP contribution in [0.15, 0.2) is 35.5 Å². The van der Waals surface area contributed by atoms with Gasteiger partial charge in [-0.2, -0.15) is 5.10 Å². The average molecular weight is 308 g/mol. The third kappa shape index (κ3) is 4.64. The van der Waals surface area contributed by atoms with Crippen molar-refractivity contribution in [3.05, 3.63) is 42.0 Å². The molecule has 0 bridgehead atoms. The maximum Gasteiger partial charge on any atom is 0.175 e. The van der Waals surface area contributed by atoms with E-state index in [1.165, 1.54) is 12.6 Å². The lowest BCUT2D eigenvalue weighted by Gasteiger charge is -2.14. The quantitative estimate of drug-likeness (QED) is 0.757. The first-order valence-electron chi connectivity index (χ1n) is 6.84. The molecular weight excluding hydrogens is 288 g/mol. The number of nitrogens with zero attached hydrogens (tertiary/aromatic N) is 2. The summed E-state index contributed by atoms with van der Waals surface area (Å²) in [5.41, 5.74) is 1.07. The molecule has 0 spiro atoms. The molecule has 114 valence electrons. The Balaban J connectivity index is 1.81. The SMILES string of the molecule is CC(NCCCc1ncn[nH]1)c1ccc(S(C)(=O)=O)cc1. The Labute approximate surface area is 124 Å². The van der Waals surface area contributed by atoms with Gasteiger partial charge in [0, 0.05) is 18.7 Å². The van der Waals surface area contributed by atoms with Crippen molar-refractivity contribution in [3.8, 4) is 0 Å². The largest absolute Gasteiger partial charge is 0.310 e. The number of H-pyrrole nitrogens is 1. The van der Waals surface area contributed by atoms with Crippen LogP contribution in [0.4, 0.5) is 0 Å². The minimum atomic E-state index is -3.13. The van der Waals surface area contributed by atoms with E-state index in [0.29, 0.717) is 4.90 Å². The summed E-state index contributed by atoms with van der Waals surface area (Å²) in [6.45, 7) is 2.92. The summed E-state index contributed by atoms with van der Waals surface area (Å²) in [7, 11) is -3.13. The molecule has 0 aliphatic rings. The summed E-state index contributed by atoms with van der Waals surface area (Å²) in [6, 6.07) is 7.18. The Morgan fingerprint density at radius 3 is 2.57 bits per heavy atom. The first-order valence-corrected chi connectivity index (χ1v) is 8.73. The van der Waals surface area contributed by atoms with Gasteiger partial charge in [-0.25, -0.2) is 13.4 Å². The fourth-order valence-corrected chi connectivity index (χ4v) is 2.68. The topological polar surface area (TPSA) is 87.7 Å². The van der Waals surface area contributed by atoms with Crippen LogP contribution in [0.1, 0.15) is 30.8 Å². The van der Waals surface area contributed by atoms with E-state index < -0.39 is 9.84 Å². The van der Waals surface area contributed by atoms with Gasteiger partial charge < -0.3 is 5.32 Å². The van der Waals surface area contributed by atoms with Crippen molar-refractivity contribution in [2.75, 3.05) is 12.8 Å². The van der Waals surface area contributed by atoms with Crippen LogP contribution < -0.4 is 5.32 Å². The lowest BCUT2D eigenvalue weighted by Crippen LogP contribution is -2.20. The van der Waals surface area contributed by atoms with Crippen LogP contribution in [0.2, 0.25) is 0 Å². The molecule has 0 aliphatic carbocycles. The van der Waals surface area contributed by atoms with Crippen LogP contribution >= 0.6 is 0 Å². The standard InChI is InChI=1S/C14H20N4O2S/c1-11(15-9-3-4-14-16-10-17-18-14)12-5-7-13(8-6-12)21(2,19)20/h5-8,10-11,15H,3-4,9H2,1-2H3,(H,16,17,18). The summed E-state index contributed by atoms with van der Waals surface area (Å²) in [6.07, 6.45) is 4.54. The van der Waals surface area contributed by atoms with Crippen LogP contribution in [0, 0.1) is 0 Å². The number of rotatable bonds is 7. The molecule has 7 heteroatoms. The molecule has 1 unspecified atom stereocenters. The van der Waals surface area contributed by atoms with E-state index in [1.54, 1.807) is 12.1 Å². The van der Waals surface area contributed by atoms with Gasteiger partial charge in [-0.1, -0.05) is 12.1 Å². The molecule has 21 heavy (non-hydrogen) atoms. The number of nitrogens with one attached hydrogen (secondary N) is 2. The van der Waals surface area contributed by atoms with Crippen LogP contribution in [-0.4, -0.2) is 36.4 Å². The molecule has 0 saturated carbocycles. The number of hydrogen-bond donors (Lipinski definition) is 2. The van der Waals surface area contributed by atoms with Gasteiger partial charge in [-0.3, -0.25) is 5.10 Å². The van der Waals surface area contributed by atoms with Gasteiger partial charge in [0.15, 0.2) is 9.84 Å². The van der Waals surface area contributed by atoms with Crippen molar-refractivity contribution in [1.29, 1.82) is 0 Å². The first-order chi connectivity index (χ1) is 9.97. The Morgan fingerprint density at radius 2 is 2.00 bits per heavy atom. The minimum Gasteiger partial charge on any atom is -0.310 e. The summed E-state index contributed by atoms with van der Waals surface area (Å²) in [5.74, 6) is 0.891. The number of aryl methyl sites for hydroxylation is 1. The Kier molecular flexibility index (Phi) is 5.08. The molecule has 1 heterocycles. The van der Waals surface area contributed by atoms with Crippen LogP contribution in [0.5, 0.6) is 0 Å². The fraction of sp³-hybridized carbons (Fsp3) is 0.429. The first kappa shape index (κ1) is 15.7. The van der Waals surface area contributed by atoms with Crippen molar-refractivity contribution in [1.82, 2.24) is 20.5 Å². The maximum atomic E-state index is 11.4. The predicted octanol–water partition coefficient (Wildman–Crippen LogP) is 1.49. The van der Waals surface area contributed by atoms with Crippen molar-refractivity contribution < 1.29 is 8.42 Å². The third-order valence-electron chi connectivity index (χ3n) is 3.31. The number of aromatic nitrogens is 3. The summed E-state index contributed by atoms with van der Waals surface area (Å²) >= 11 is 0. The number of sulfone groups is 1. The molecular formula is C14H20N4O2S. The second kappa shape index (κ2) is 6.82. The third-order valence-corrected chi connectivity index (χ3v) is 4.44. The van der Waals surface area contributed by atoms with E-state index in [0.717, 1.165) is 30.8 Å². The van der Waals surface area contributed by atoms with E-state index in [9.17, 15) is 8.42 Å². The van der Waals surface area contributed by atoms with Gasteiger partial charge in [0.25, 0.3) is 0 Å². The predicted molar refractivity (Wildman–Crippen MR) is 80.7 cm³/mol. The van der Waals surface area contributed by atoms with E-state index >= 15 is 0 Å². The molecule has 0 aliphatic heterocycles. The smallest absolute Gasteiger partial charge is 0.175 e. The number of aromatic amines is 1.